The second kappa shape index (κ2) is 11.1. The summed E-state index contributed by atoms with van der Waals surface area (Å²) in [7, 11) is 0. The topological polar surface area (TPSA) is 50.9 Å². The summed E-state index contributed by atoms with van der Waals surface area (Å²) < 4.78 is 2.31. The molecule has 4 nitrogen and oxygen atoms in total. The number of hydrogen-bond donors (Lipinski definition) is 1. The first-order valence-electron chi connectivity index (χ1n) is 15.3. The molecule has 0 saturated heterocycles. The highest BCUT2D eigenvalue weighted by molar-refractivity contribution is 6.04. The number of rotatable bonds is 6. The predicted octanol–water partition coefficient (Wildman–Crippen LogP) is 10.5. The van der Waals surface area contributed by atoms with Gasteiger partial charge in [0, 0.05) is 27.8 Å². The molecule has 0 aliphatic carbocycles. The van der Waals surface area contributed by atoms with Crippen molar-refractivity contribution in [2.24, 2.45) is 0 Å². The SMILES string of the molecule is CC(C)c1cc(C(C)C)cc(-n2c(-c3ccccc3)nc3c(-c4nc(-c5ccccc5O)cc5ccccc45)cccc32)c1. The van der Waals surface area contributed by atoms with E-state index in [1.165, 1.54) is 11.1 Å². The summed E-state index contributed by atoms with van der Waals surface area (Å²) in [6.07, 6.45) is 0. The van der Waals surface area contributed by atoms with Gasteiger partial charge in [0.1, 0.15) is 11.6 Å². The van der Waals surface area contributed by atoms with Gasteiger partial charge in [0.15, 0.2) is 0 Å². The number of hydrogen-bond acceptors (Lipinski definition) is 3. The number of benzene rings is 5. The summed E-state index contributed by atoms with van der Waals surface area (Å²) in [6.45, 7) is 9.00. The van der Waals surface area contributed by atoms with Gasteiger partial charge in [0.05, 0.1) is 22.4 Å². The summed E-state index contributed by atoms with van der Waals surface area (Å²) in [5.74, 6) is 1.89. The van der Waals surface area contributed by atoms with Crippen LogP contribution in [0, 0.1) is 0 Å². The molecule has 44 heavy (non-hydrogen) atoms. The number of pyridine rings is 1. The second-order valence-electron chi connectivity index (χ2n) is 12.1. The van der Waals surface area contributed by atoms with E-state index < -0.39 is 0 Å². The van der Waals surface area contributed by atoms with E-state index in [4.69, 9.17) is 9.97 Å². The Morgan fingerprint density at radius 1 is 0.614 bits per heavy atom. The molecule has 2 heterocycles. The van der Waals surface area contributed by atoms with Crippen molar-refractivity contribution in [2.45, 2.75) is 39.5 Å². The van der Waals surface area contributed by atoms with E-state index >= 15 is 0 Å². The zero-order valence-electron chi connectivity index (χ0n) is 25.5. The van der Waals surface area contributed by atoms with Gasteiger partial charge in [-0.2, -0.15) is 0 Å². The monoisotopic (exact) mass is 573 g/mol. The number of phenolic OH excluding ortho intramolecular Hbond substituents is 1. The van der Waals surface area contributed by atoms with Crippen molar-refractivity contribution in [2.75, 3.05) is 0 Å². The number of aromatic nitrogens is 3. The van der Waals surface area contributed by atoms with Crippen LogP contribution < -0.4 is 0 Å². The van der Waals surface area contributed by atoms with Gasteiger partial charge >= 0.3 is 0 Å². The smallest absolute Gasteiger partial charge is 0.145 e. The molecule has 0 aliphatic heterocycles. The van der Waals surface area contributed by atoms with Crippen molar-refractivity contribution >= 4 is 21.8 Å². The van der Waals surface area contributed by atoms with Crippen molar-refractivity contribution in [1.82, 2.24) is 14.5 Å². The van der Waals surface area contributed by atoms with Crippen LogP contribution in [0.2, 0.25) is 0 Å². The molecule has 0 atom stereocenters. The summed E-state index contributed by atoms with van der Waals surface area (Å²) >= 11 is 0. The Kier molecular flexibility index (Phi) is 6.98. The summed E-state index contributed by atoms with van der Waals surface area (Å²) in [6, 6.07) is 41.5. The molecule has 0 bridgehead atoms. The van der Waals surface area contributed by atoms with Crippen molar-refractivity contribution in [3.8, 4) is 45.3 Å². The number of fused-ring (bicyclic) bond motifs is 2. The molecule has 0 fully saturated rings. The average molecular weight is 574 g/mol. The Hall–Kier alpha value is -5.22. The molecule has 0 amide bonds. The minimum absolute atomic E-state index is 0.209. The molecule has 5 aromatic carbocycles. The van der Waals surface area contributed by atoms with E-state index in [0.717, 1.165) is 55.8 Å². The lowest BCUT2D eigenvalue weighted by molar-refractivity contribution is 0.477. The zero-order chi connectivity index (χ0) is 30.4. The largest absolute Gasteiger partial charge is 0.507 e. The number of aromatic hydroxyl groups is 1. The van der Waals surface area contributed by atoms with Crippen LogP contribution in [0.25, 0.3) is 61.4 Å². The van der Waals surface area contributed by atoms with E-state index in [1.807, 2.05) is 42.5 Å². The maximum atomic E-state index is 10.7. The first kappa shape index (κ1) is 27.6. The number of para-hydroxylation sites is 2. The van der Waals surface area contributed by atoms with Gasteiger partial charge in [0.2, 0.25) is 0 Å². The normalized spacial score (nSPS) is 11.7. The van der Waals surface area contributed by atoms with Crippen molar-refractivity contribution in [3.05, 3.63) is 132 Å². The van der Waals surface area contributed by atoms with Crippen LogP contribution in [-0.4, -0.2) is 19.6 Å². The Morgan fingerprint density at radius 2 is 1.27 bits per heavy atom. The predicted molar refractivity (Wildman–Crippen MR) is 183 cm³/mol. The maximum Gasteiger partial charge on any atom is 0.145 e. The van der Waals surface area contributed by atoms with Gasteiger partial charge in [0.25, 0.3) is 0 Å². The fourth-order valence-electron chi connectivity index (χ4n) is 6.02. The Morgan fingerprint density at radius 3 is 2.00 bits per heavy atom. The van der Waals surface area contributed by atoms with Crippen molar-refractivity contribution in [1.29, 1.82) is 0 Å². The Bertz CT molecular complexity index is 2110. The van der Waals surface area contributed by atoms with Gasteiger partial charge in [-0.1, -0.05) is 113 Å². The van der Waals surface area contributed by atoms with Crippen molar-refractivity contribution < 1.29 is 5.11 Å². The van der Waals surface area contributed by atoms with Crippen LogP contribution in [0.3, 0.4) is 0 Å². The molecule has 0 radical (unpaired) electrons. The highest BCUT2D eigenvalue weighted by atomic mass is 16.3. The third-order valence-corrected chi connectivity index (χ3v) is 8.45. The van der Waals surface area contributed by atoms with Gasteiger partial charge in [-0.3, -0.25) is 4.57 Å². The van der Waals surface area contributed by atoms with Gasteiger partial charge < -0.3 is 5.11 Å². The Balaban J connectivity index is 1.56. The molecule has 7 rings (SSSR count). The fraction of sp³-hybridized carbons (Fsp3) is 0.150. The van der Waals surface area contributed by atoms with Crippen LogP contribution in [0.5, 0.6) is 5.75 Å². The second-order valence-corrected chi connectivity index (χ2v) is 12.1. The zero-order valence-corrected chi connectivity index (χ0v) is 25.5. The molecule has 0 aliphatic rings. The third-order valence-electron chi connectivity index (χ3n) is 8.45. The molecule has 1 N–H and O–H groups in total. The van der Waals surface area contributed by atoms with Crippen molar-refractivity contribution in [3.63, 3.8) is 0 Å². The molecular formula is C40H35N3O. The average Bonchev–Trinajstić information content (AvgIpc) is 3.45. The highest BCUT2D eigenvalue weighted by Crippen LogP contribution is 2.39. The van der Waals surface area contributed by atoms with Gasteiger partial charge in [-0.15, -0.1) is 0 Å². The Labute approximate surface area is 258 Å². The van der Waals surface area contributed by atoms with Crippen LogP contribution in [-0.2, 0) is 0 Å². The minimum atomic E-state index is 0.209. The molecule has 0 unspecified atom stereocenters. The van der Waals surface area contributed by atoms with Crippen LogP contribution in [0.15, 0.2) is 121 Å². The van der Waals surface area contributed by atoms with Gasteiger partial charge in [-0.05, 0) is 64.7 Å². The fourth-order valence-corrected chi connectivity index (χ4v) is 6.02. The third kappa shape index (κ3) is 4.83. The molecular weight excluding hydrogens is 538 g/mol. The summed E-state index contributed by atoms with van der Waals surface area (Å²) in [5.41, 5.74) is 9.92. The molecule has 4 heteroatoms. The molecule has 0 spiro atoms. The highest BCUT2D eigenvalue weighted by Gasteiger charge is 2.21. The first-order valence-corrected chi connectivity index (χ1v) is 15.3. The van der Waals surface area contributed by atoms with E-state index in [0.29, 0.717) is 17.4 Å². The van der Waals surface area contributed by atoms with Crippen LogP contribution >= 0.6 is 0 Å². The van der Waals surface area contributed by atoms with Gasteiger partial charge in [-0.25, -0.2) is 9.97 Å². The lowest BCUT2D eigenvalue weighted by atomic mass is 9.94. The van der Waals surface area contributed by atoms with E-state index in [9.17, 15) is 5.11 Å². The number of nitrogens with zero attached hydrogens (tertiary/aromatic N) is 3. The van der Waals surface area contributed by atoms with E-state index in [-0.39, 0.29) is 5.75 Å². The van der Waals surface area contributed by atoms with E-state index in [1.54, 1.807) is 6.07 Å². The molecule has 2 aromatic heterocycles. The number of imidazole rings is 1. The van der Waals surface area contributed by atoms with E-state index in [2.05, 4.69) is 105 Å². The molecule has 7 aromatic rings. The number of phenols is 1. The summed E-state index contributed by atoms with van der Waals surface area (Å²) in [4.78, 5) is 10.6. The molecule has 0 saturated carbocycles. The minimum Gasteiger partial charge on any atom is -0.507 e. The maximum absolute atomic E-state index is 10.7. The first-order chi connectivity index (χ1) is 21.4. The molecule has 216 valence electrons. The standard InChI is InChI=1S/C40H35N3O/c1-25(2)29-21-30(26(3)4)23-31(22-29)43-36-19-12-18-34(39(36)42-40(43)27-13-6-5-7-14-27)38-32-16-9-8-15-28(32)24-35(41-38)33-17-10-11-20-37(33)44/h5-26,44H,1-4H3. The summed E-state index contributed by atoms with van der Waals surface area (Å²) in [5, 5.41) is 12.8. The lowest BCUT2D eigenvalue weighted by Crippen LogP contribution is -2.02. The van der Waals surface area contributed by atoms with Crippen LogP contribution in [0.1, 0.15) is 50.7 Å². The lowest BCUT2D eigenvalue weighted by Gasteiger charge is -2.17. The quantitative estimate of drug-likeness (QED) is 0.215. The van der Waals surface area contributed by atoms with Crippen LogP contribution in [0.4, 0.5) is 0 Å².